The monoisotopic (exact) mass is 350 g/mol. The lowest BCUT2D eigenvalue weighted by molar-refractivity contribution is -0.113. The molecule has 0 unspecified atom stereocenters. The van der Waals surface area contributed by atoms with Crippen molar-refractivity contribution in [2.45, 2.75) is 9.79 Å². The van der Waals surface area contributed by atoms with Crippen LogP contribution in [-0.2, 0) is 4.79 Å². The molecule has 0 aliphatic rings. The van der Waals surface area contributed by atoms with Gasteiger partial charge in [-0.05, 0) is 30.3 Å². The topological polar surface area (TPSA) is 52.9 Å². The van der Waals surface area contributed by atoms with Gasteiger partial charge in [0.15, 0.2) is 0 Å². The summed E-state index contributed by atoms with van der Waals surface area (Å²) < 4.78 is 26.6. The molecular weight excluding hydrogens is 338 g/mol. The Bertz CT molecular complexity index is 747. The quantitative estimate of drug-likeness (QED) is 0.789. The van der Waals surface area contributed by atoms with Crippen LogP contribution in [0.1, 0.15) is 0 Å². The first kappa shape index (κ1) is 17.3. The molecule has 2 aromatic carbocycles. The van der Waals surface area contributed by atoms with Gasteiger partial charge in [-0.3, -0.25) is 4.79 Å². The summed E-state index contributed by atoms with van der Waals surface area (Å²) in [5, 5.41) is 11.3. The van der Waals surface area contributed by atoms with Crippen LogP contribution in [0.3, 0.4) is 0 Å². The molecule has 2 aromatic rings. The Balaban J connectivity index is 1.97. The summed E-state index contributed by atoms with van der Waals surface area (Å²) >= 11 is 2.24. The van der Waals surface area contributed by atoms with E-state index in [0.29, 0.717) is 5.69 Å². The molecule has 0 heterocycles. The van der Waals surface area contributed by atoms with Crippen LogP contribution in [0.25, 0.3) is 0 Å². The fraction of sp³-hybridized carbons (Fsp3) is 0.125. The maximum absolute atomic E-state index is 13.5. The molecule has 0 aliphatic carbocycles. The summed E-state index contributed by atoms with van der Waals surface area (Å²) in [5.74, 6) is -1.21. The number of carbonyl (C=O) groups is 1. The number of amides is 1. The van der Waals surface area contributed by atoms with Gasteiger partial charge < -0.3 is 5.32 Å². The third kappa shape index (κ3) is 5.27. The minimum absolute atomic E-state index is 0.0440. The Hall–Kier alpha value is -2.04. The molecule has 0 bridgehead atoms. The maximum atomic E-state index is 13.5. The summed E-state index contributed by atoms with van der Waals surface area (Å²) in [4.78, 5) is 12.9. The van der Waals surface area contributed by atoms with E-state index in [1.807, 2.05) is 12.1 Å². The summed E-state index contributed by atoms with van der Waals surface area (Å²) in [5.41, 5.74) is 0.595. The van der Waals surface area contributed by atoms with Crippen LogP contribution in [0.4, 0.5) is 14.5 Å². The molecule has 0 radical (unpaired) electrons. The lowest BCUT2D eigenvalue weighted by atomic mass is 10.3. The molecular formula is C16H12F2N2OS2. The molecule has 2 rings (SSSR count). The largest absolute Gasteiger partial charge is 0.324 e. The molecule has 1 amide bonds. The molecule has 0 saturated heterocycles. The van der Waals surface area contributed by atoms with Crippen LogP contribution in [0.5, 0.6) is 0 Å². The summed E-state index contributed by atoms with van der Waals surface area (Å²) in [7, 11) is 0. The zero-order valence-corrected chi connectivity index (χ0v) is 13.5. The Kier molecular flexibility index (Phi) is 6.44. The minimum Gasteiger partial charge on any atom is -0.324 e. The maximum Gasteiger partial charge on any atom is 0.234 e. The number of rotatable bonds is 6. The number of halogens is 2. The number of benzene rings is 2. The SMILES string of the molecule is N#CCSc1ccccc1NC(=O)CSc1cc(F)ccc1F. The lowest BCUT2D eigenvalue weighted by Crippen LogP contribution is -2.14. The lowest BCUT2D eigenvalue weighted by Gasteiger charge is -2.09. The van der Waals surface area contributed by atoms with Crippen molar-refractivity contribution in [1.82, 2.24) is 0 Å². The fourth-order valence-electron chi connectivity index (χ4n) is 1.72. The fourth-order valence-corrected chi connectivity index (χ4v) is 3.15. The third-order valence-corrected chi connectivity index (χ3v) is 4.68. The molecule has 0 spiro atoms. The standard InChI is InChI=1S/C16H12F2N2OS2/c17-11-5-6-12(18)15(9-11)23-10-16(21)20-13-3-1-2-4-14(13)22-8-7-19/h1-6,9H,8,10H2,(H,20,21). The number of hydrogen-bond donors (Lipinski definition) is 1. The van der Waals surface area contributed by atoms with Gasteiger partial charge in [-0.2, -0.15) is 5.26 Å². The number of thioether (sulfide) groups is 2. The molecule has 118 valence electrons. The average molecular weight is 350 g/mol. The van der Waals surface area contributed by atoms with Crippen LogP contribution in [0.2, 0.25) is 0 Å². The third-order valence-electron chi connectivity index (χ3n) is 2.71. The van der Waals surface area contributed by atoms with Crippen LogP contribution < -0.4 is 5.32 Å². The zero-order valence-electron chi connectivity index (χ0n) is 11.9. The molecule has 0 saturated carbocycles. The van der Waals surface area contributed by atoms with Gasteiger partial charge >= 0.3 is 0 Å². The first-order chi connectivity index (χ1) is 11.1. The normalized spacial score (nSPS) is 10.1. The Morgan fingerprint density at radius 3 is 2.70 bits per heavy atom. The highest BCUT2D eigenvalue weighted by atomic mass is 32.2. The van der Waals surface area contributed by atoms with E-state index in [2.05, 4.69) is 5.32 Å². The molecule has 0 aliphatic heterocycles. The number of nitriles is 1. The first-order valence-electron chi connectivity index (χ1n) is 6.56. The van der Waals surface area contributed by atoms with Crippen molar-refractivity contribution in [2.75, 3.05) is 16.8 Å². The van der Waals surface area contributed by atoms with E-state index < -0.39 is 11.6 Å². The summed E-state index contributed by atoms with van der Waals surface area (Å²) in [6, 6.07) is 12.3. The highest BCUT2D eigenvalue weighted by molar-refractivity contribution is 8.00. The number of hydrogen-bond acceptors (Lipinski definition) is 4. The summed E-state index contributed by atoms with van der Waals surface area (Å²) in [6.07, 6.45) is 0. The number of anilines is 1. The number of carbonyl (C=O) groups excluding carboxylic acids is 1. The van der Waals surface area contributed by atoms with Gasteiger partial charge in [0, 0.05) is 9.79 Å². The van der Waals surface area contributed by atoms with Gasteiger partial charge in [0.25, 0.3) is 0 Å². The van der Waals surface area contributed by atoms with E-state index in [1.54, 1.807) is 18.2 Å². The Morgan fingerprint density at radius 2 is 1.91 bits per heavy atom. The molecule has 7 heteroatoms. The van der Waals surface area contributed by atoms with Gasteiger partial charge in [-0.15, -0.1) is 23.5 Å². The summed E-state index contributed by atoms with van der Waals surface area (Å²) in [6.45, 7) is 0. The van der Waals surface area contributed by atoms with E-state index in [4.69, 9.17) is 5.26 Å². The van der Waals surface area contributed by atoms with Crippen molar-refractivity contribution in [3.63, 3.8) is 0 Å². The minimum atomic E-state index is -0.561. The van der Waals surface area contributed by atoms with Crippen LogP contribution >= 0.6 is 23.5 Å². The molecule has 23 heavy (non-hydrogen) atoms. The van der Waals surface area contributed by atoms with Crippen molar-refractivity contribution < 1.29 is 13.6 Å². The second-order valence-electron chi connectivity index (χ2n) is 4.35. The first-order valence-corrected chi connectivity index (χ1v) is 8.53. The number of nitrogens with zero attached hydrogens (tertiary/aromatic N) is 1. The molecule has 0 atom stereocenters. The van der Waals surface area contributed by atoms with Gasteiger partial charge in [-0.1, -0.05) is 12.1 Å². The smallest absolute Gasteiger partial charge is 0.234 e. The predicted molar refractivity (Wildman–Crippen MR) is 88.5 cm³/mol. The van der Waals surface area contributed by atoms with E-state index >= 15 is 0 Å². The average Bonchev–Trinajstić information content (AvgIpc) is 2.55. The molecule has 0 fully saturated rings. The zero-order chi connectivity index (χ0) is 16.7. The van der Waals surface area contributed by atoms with Crippen molar-refractivity contribution in [1.29, 1.82) is 5.26 Å². The highest BCUT2D eigenvalue weighted by Crippen LogP contribution is 2.27. The predicted octanol–water partition coefficient (Wildman–Crippen LogP) is 4.31. The molecule has 3 nitrogen and oxygen atoms in total. The molecule has 0 aromatic heterocycles. The van der Waals surface area contributed by atoms with E-state index in [0.717, 1.165) is 34.9 Å². The number of para-hydroxylation sites is 1. The van der Waals surface area contributed by atoms with Gasteiger partial charge in [0.2, 0.25) is 5.91 Å². The van der Waals surface area contributed by atoms with Crippen LogP contribution in [0.15, 0.2) is 52.3 Å². The van der Waals surface area contributed by atoms with Gasteiger partial charge in [0.1, 0.15) is 11.6 Å². The van der Waals surface area contributed by atoms with E-state index in [9.17, 15) is 13.6 Å². The van der Waals surface area contributed by atoms with E-state index in [1.165, 1.54) is 11.8 Å². The van der Waals surface area contributed by atoms with Crippen molar-refractivity contribution >= 4 is 35.1 Å². The van der Waals surface area contributed by atoms with Crippen molar-refractivity contribution in [3.05, 3.63) is 54.1 Å². The van der Waals surface area contributed by atoms with Crippen LogP contribution in [0, 0.1) is 23.0 Å². The number of nitrogens with one attached hydrogen (secondary N) is 1. The Morgan fingerprint density at radius 1 is 1.13 bits per heavy atom. The second kappa shape index (κ2) is 8.56. The van der Waals surface area contributed by atoms with Crippen molar-refractivity contribution in [2.24, 2.45) is 0 Å². The van der Waals surface area contributed by atoms with Crippen molar-refractivity contribution in [3.8, 4) is 6.07 Å². The Labute approximate surface area is 141 Å². The van der Waals surface area contributed by atoms with E-state index in [-0.39, 0.29) is 22.3 Å². The highest BCUT2D eigenvalue weighted by Gasteiger charge is 2.10. The van der Waals surface area contributed by atoms with Crippen LogP contribution in [-0.4, -0.2) is 17.4 Å². The second-order valence-corrected chi connectivity index (χ2v) is 6.39. The molecule has 1 N–H and O–H groups in total. The van der Waals surface area contributed by atoms with Gasteiger partial charge in [0.05, 0.1) is 23.3 Å². The van der Waals surface area contributed by atoms with Gasteiger partial charge in [-0.25, -0.2) is 8.78 Å².